The van der Waals surface area contributed by atoms with E-state index < -0.39 is 0 Å². The fraction of sp³-hybridized carbons (Fsp3) is 0.733. The van der Waals surface area contributed by atoms with Crippen LogP contribution in [0.4, 0.5) is 0 Å². The number of ether oxygens (including phenoxy) is 1. The van der Waals surface area contributed by atoms with Crippen LogP contribution >= 0.6 is 12.2 Å². The van der Waals surface area contributed by atoms with Gasteiger partial charge in [-0.2, -0.15) is 5.10 Å². The maximum absolute atomic E-state index is 6.02. The molecule has 2 heterocycles. The van der Waals surface area contributed by atoms with E-state index in [9.17, 15) is 0 Å². The van der Waals surface area contributed by atoms with Crippen molar-refractivity contribution in [2.24, 2.45) is 7.05 Å². The molecule has 0 saturated heterocycles. The van der Waals surface area contributed by atoms with Gasteiger partial charge in [0, 0.05) is 7.05 Å². The minimum absolute atomic E-state index is 0.445. The molecule has 5 nitrogen and oxygen atoms in total. The molecule has 1 aliphatic rings. The Morgan fingerprint density at radius 3 is 2.81 bits per heavy atom. The molecule has 1 aliphatic carbocycles. The summed E-state index contributed by atoms with van der Waals surface area (Å²) >= 11 is 5.45. The molecule has 116 valence electrons. The molecule has 1 saturated carbocycles. The fourth-order valence-corrected chi connectivity index (χ4v) is 3.55. The van der Waals surface area contributed by atoms with E-state index in [4.69, 9.17) is 17.0 Å². The molecule has 0 radical (unpaired) electrons. The second kappa shape index (κ2) is 6.32. The number of imidazole rings is 1. The Kier molecular flexibility index (Phi) is 4.45. The van der Waals surface area contributed by atoms with Crippen molar-refractivity contribution in [3.63, 3.8) is 0 Å². The smallest absolute Gasteiger partial charge is 0.179 e. The van der Waals surface area contributed by atoms with Crippen molar-refractivity contribution in [3.05, 3.63) is 10.5 Å². The lowest BCUT2D eigenvalue weighted by Crippen LogP contribution is -2.19. The van der Waals surface area contributed by atoms with Crippen molar-refractivity contribution in [1.82, 2.24) is 19.3 Å². The zero-order chi connectivity index (χ0) is 14.8. The number of nitrogens with zero attached hydrogens (tertiary/aromatic N) is 3. The third-order valence-corrected chi connectivity index (χ3v) is 4.70. The average Bonchev–Trinajstić information content (AvgIpc) is 2.98. The summed E-state index contributed by atoms with van der Waals surface area (Å²) in [5.74, 6) is 0. The lowest BCUT2D eigenvalue weighted by atomic mass is 9.98. The van der Waals surface area contributed by atoms with E-state index in [0.29, 0.717) is 6.10 Å². The van der Waals surface area contributed by atoms with Gasteiger partial charge in [-0.15, -0.1) is 0 Å². The van der Waals surface area contributed by atoms with E-state index in [1.807, 2.05) is 11.7 Å². The van der Waals surface area contributed by atoms with Crippen LogP contribution in [-0.4, -0.2) is 32.0 Å². The predicted molar refractivity (Wildman–Crippen MR) is 86.1 cm³/mol. The zero-order valence-corrected chi connectivity index (χ0v) is 13.7. The number of nitrogens with one attached hydrogen (secondary N) is 1. The molecule has 1 fully saturated rings. The van der Waals surface area contributed by atoms with E-state index >= 15 is 0 Å². The first-order chi connectivity index (χ1) is 10.2. The summed E-state index contributed by atoms with van der Waals surface area (Å²) in [6, 6.07) is 0. The van der Waals surface area contributed by atoms with E-state index in [0.717, 1.165) is 41.2 Å². The summed E-state index contributed by atoms with van der Waals surface area (Å²) in [6.07, 6.45) is 7.74. The highest BCUT2D eigenvalue weighted by Gasteiger charge is 2.16. The Hall–Kier alpha value is -1.14. The highest BCUT2D eigenvalue weighted by atomic mass is 32.1. The van der Waals surface area contributed by atoms with E-state index in [1.165, 1.54) is 32.1 Å². The van der Waals surface area contributed by atoms with Crippen LogP contribution in [0.3, 0.4) is 0 Å². The molecule has 6 heteroatoms. The standard InChI is InChI=1S/C15H24N4OS/c1-3-12-13-14(18(2)17-12)19(15(21)16-13)9-10-20-11-7-5-4-6-8-11/h11H,3-10H2,1-2H3,(H,16,21). The topological polar surface area (TPSA) is 47.8 Å². The second-order valence-electron chi connectivity index (χ2n) is 5.84. The lowest BCUT2D eigenvalue weighted by molar-refractivity contribution is 0.0242. The summed E-state index contributed by atoms with van der Waals surface area (Å²) < 4.78 is 10.8. The van der Waals surface area contributed by atoms with Crippen LogP contribution < -0.4 is 0 Å². The summed E-state index contributed by atoms with van der Waals surface area (Å²) in [5.41, 5.74) is 3.22. The third kappa shape index (κ3) is 2.92. The largest absolute Gasteiger partial charge is 0.376 e. The van der Waals surface area contributed by atoms with Gasteiger partial charge in [0.25, 0.3) is 0 Å². The quantitative estimate of drug-likeness (QED) is 0.862. The molecule has 0 atom stereocenters. The van der Waals surface area contributed by atoms with Gasteiger partial charge in [-0.1, -0.05) is 26.2 Å². The van der Waals surface area contributed by atoms with Gasteiger partial charge in [0.1, 0.15) is 5.52 Å². The molecule has 21 heavy (non-hydrogen) atoms. The molecule has 0 spiro atoms. The minimum atomic E-state index is 0.445. The van der Waals surface area contributed by atoms with Gasteiger partial charge in [-0.3, -0.25) is 9.25 Å². The van der Waals surface area contributed by atoms with Crippen LogP contribution in [0.25, 0.3) is 11.2 Å². The van der Waals surface area contributed by atoms with Crippen molar-refractivity contribution in [2.45, 2.75) is 58.1 Å². The molecule has 0 aliphatic heterocycles. The number of aryl methyl sites for hydroxylation is 2. The molecule has 2 aromatic heterocycles. The van der Waals surface area contributed by atoms with Crippen LogP contribution in [0, 0.1) is 4.77 Å². The molecular weight excluding hydrogens is 284 g/mol. The van der Waals surface area contributed by atoms with Crippen molar-refractivity contribution < 1.29 is 4.74 Å². The number of hydrogen-bond acceptors (Lipinski definition) is 3. The van der Waals surface area contributed by atoms with E-state index in [1.54, 1.807) is 0 Å². The Morgan fingerprint density at radius 2 is 2.10 bits per heavy atom. The first kappa shape index (κ1) is 14.8. The van der Waals surface area contributed by atoms with Gasteiger partial charge in [-0.25, -0.2) is 0 Å². The Bertz CT molecular complexity index is 663. The maximum atomic E-state index is 6.02. The SMILES string of the molecule is CCc1nn(C)c2c1[nH]c(=S)n2CCOC1CCCCC1. The van der Waals surface area contributed by atoms with Gasteiger partial charge >= 0.3 is 0 Å². The van der Waals surface area contributed by atoms with Crippen molar-refractivity contribution in [1.29, 1.82) is 0 Å². The molecule has 0 amide bonds. The maximum Gasteiger partial charge on any atom is 0.179 e. The molecule has 2 aromatic rings. The lowest BCUT2D eigenvalue weighted by Gasteiger charge is -2.22. The van der Waals surface area contributed by atoms with Gasteiger partial charge in [0.15, 0.2) is 10.4 Å². The number of aromatic nitrogens is 4. The number of hydrogen-bond donors (Lipinski definition) is 1. The first-order valence-corrected chi connectivity index (χ1v) is 8.37. The summed E-state index contributed by atoms with van der Waals surface area (Å²) in [4.78, 5) is 3.29. The van der Waals surface area contributed by atoms with Crippen molar-refractivity contribution in [3.8, 4) is 0 Å². The first-order valence-electron chi connectivity index (χ1n) is 7.96. The minimum Gasteiger partial charge on any atom is -0.376 e. The Morgan fingerprint density at radius 1 is 1.33 bits per heavy atom. The number of aromatic amines is 1. The van der Waals surface area contributed by atoms with E-state index in [2.05, 4.69) is 21.6 Å². The summed E-state index contributed by atoms with van der Waals surface area (Å²) in [5, 5.41) is 4.55. The molecule has 0 aromatic carbocycles. The number of H-pyrrole nitrogens is 1. The molecule has 1 N–H and O–H groups in total. The van der Waals surface area contributed by atoms with Gasteiger partial charge in [0.2, 0.25) is 0 Å². The molecule has 3 rings (SSSR count). The fourth-order valence-electron chi connectivity index (χ4n) is 3.27. The third-order valence-electron chi connectivity index (χ3n) is 4.38. The molecular formula is C15H24N4OS. The number of fused-ring (bicyclic) bond motifs is 1. The van der Waals surface area contributed by atoms with Gasteiger partial charge in [-0.05, 0) is 31.5 Å². The Balaban J connectivity index is 1.73. The predicted octanol–water partition coefficient (Wildman–Crippen LogP) is 3.34. The van der Waals surface area contributed by atoms with Crippen LogP contribution in [0.5, 0.6) is 0 Å². The van der Waals surface area contributed by atoms with Crippen LogP contribution in [0.1, 0.15) is 44.7 Å². The normalized spacial score (nSPS) is 16.9. The van der Waals surface area contributed by atoms with Crippen LogP contribution in [0.15, 0.2) is 0 Å². The average molecular weight is 308 g/mol. The highest BCUT2D eigenvalue weighted by molar-refractivity contribution is 7.71. The van der Waals surface area contributed by atoms with E-state index in [-0.39, 0.29) is 0 Å². The van der Waals surface area contributed by atoms with Crippen molar-refractivity contribution in [2.75, 3.05) is 6.61 Å². The molecule has 0 unspecified atom stereocenters. The van der Waals surface area contributed by atoms with Crippen LogP contribution in [-0.2, 0) is 24.8 Å². The summed E-state index contributed by atoms with van der Waals surface area (Å²) in [7, 11) is 1.97. The monoisotopic (exact) mass is 308 g/mol. The highest BCUT2D eigenvalue weighted by Crippen LogP contribution is 2.21. The number of rotatable bonds is 5. The van der Waals surface area contributed by atoms with Gasteiger partial charge < -0.3 is 9.72 Å². The zero-order valence-electron chi connectivity index (χ0n) is 12.9. The van der Waals surface area contributed by atoms with Crippen LogP contribution in [0.2, 0.25) is 0 Å². The second-order valence-corrected chi connectivity index (χ2v) is 6.22. The Labute approximate surface area is 130 Å². The molecule has 0 bridgehead atoms. The van der Waals surface area contributed by atoms with Crippen molar-refractivity contribution >= 4 is 23.4 Å². The van der Waals surface area contributed by atoms with Gasteiger partial charge in [0.05, 0.1) is 24.9 Å². The summed E-state index contributed by atoms with van der Waals surface area (Å²) in [6.45, 7) is 3.62.